The molecule has 0 unspecified atom stereocenters. The first kappa shape index (κ1) is 9.46. The van der Waals surface area contributed by atoms with Gasteiger partial charge in [-0.1, -0.05) is 42.5 Å². The maximum absolute atomic E-state index is 11.1. The molecule has 1 heteroatoms. The standard InChI is InChI=1S/C12H12O/c1-2-6-12(13)10-9-11-7-4-3-5-8-11/h2-5,7-10H,1,6H2/b10-9+. The minimum Gasteiger partial charge on any atom is -0.295 e. The fraction of sp³-hybridized carbons (Fsp3) is 0.0833. The second kappa shape index (κ2) is 5.09. The molecular weight excluding hydrogens is 160 g/mol. The predicted molar refractivity (Wildman–Crippen MR) is 55.3 cm³/mol. The van der Waals surface area contributed by atoms with Crippen molar-refractivity contribution in [1.29, 1.82) is 0 Å². The Labute approximate surface area is 78.4 Å². The van der Waals surface area contributed by atoms with Gasteiger partial charge in [0.1, 0.15) is 0 Å². The summed E-state index contributed by atoms with van der Waals surface area (Å²) in [6.07, 6.45) is 5.41. The van der Waals surface area contributed by atoms with E-state index in [1.54, 1.807) is 12.2 Å². The Balaban J connectivity index is 2.58. The number of ketones is 1. The van der Waals surface area contributed by atoms with Gasteiger partial charge >= 0.3 is 0 Å². The summed E-state index contributed by atoms with van der Waals surface area (Å²) in [5, 5.41) is 0. The summed E-state index contributed by atoms with van der Waals surface area (Å²) in [5.74, 6) is 0.0823. The van der Waals surface area contributed by atoms with Gasteiger partial charge in [0, 0.05) is 6.42 Å². The molecule has 0 N–H and O–H groups in total. The molecule has 0 bridgehead atoms. The Hall–Kier alpha value is -1.63. The largest absolute Gasteiger partial charge is 0.295 e. The van der Waals surface area contributed by atoms with E-state index in [0.29, 0.717) is 6.42 Å². The van der Waals surface area contributed by atoms with Crippen molar-refractivity contribution in [2.75, 3.05) is 0 Å². The zero-order valence-corrected chi connectivity index (χ0v) is 7.44. The van der Waals surface area contributed by atoms with Gasteiger partial charge in [0.15, 0.2) is 5.78 Å². The van der Waals surface area contributed by atoms with Crippen LogP contribution in [0.15, 0.2) is 49.1 Å². The molecule has 1 nitrogen and oxygen atoms in total. The molecule has 1 aromatic carbocycles. The van der Waals surface area contributed by atoms with Crippen LogP contribution in [0.25, 0.3) is 6.08 Å². The van der Waals surface area contributed by atoms with E-state index >= 15 is 0 Å². The van der Waals surface area contributed by atoms with Crippen LogP contribution in [0.2, 0.25) is 0 Å². The van der Waals surface area contributed by atoms with Gasteiger partial charge in [0.2, 0.25) is 0 Å². The first-order chi connectivity index (χ1) is 6.33. The van der Waals surface area contributed by atoms with Crippen molar-refractivity contribution < 1.29 is 4.79 Å². The lowest BCUT2D eigenvalue weighted by atomic mass is 10.2. The first-order valence-corrected chi connectivity index (χ1v) is 4.20. The van der Waals surface area contributed by atoms with Crippen LogP contribution in [0.5, 0.6) is 0 Å². The van der Waals surface area contributed by atoms with Crippen LogP contribution in [0.3, 0.4) is 0 Å². The van der Waals surface area contributed by atoms with Crippen LogP contribution >= 0.6 is 0 Å². The second-order valence-corrected chi connectivity index (χ2v) is 2.70. The predicted octanol–water partition coefficient (Wildman–Crippen LogP) is 2.85. The van der Waals surface area contributed by atoms with Gasteiger partial charge in [0.25, 0.3) is 0 Å². The van der Waals surface area contributed by atoms with E-state index in [9.17, 15) is 4.79 Å². The first-order valence-electron chi connectivity index (χ1n) is 4.20. The Morgan fingerprint density at radius 1 is 1.31 bits per heavy atom. The molecule has 0 spiro atoms. The summed E-state index contributed by atoms with van der Waals surface area (Å²) >= 11 is 0. The zero-order chi connectivity index (χ0) is 9.52. The molecule has 0 fully saturated rings. The van der Waals surface area contributed by atoms with Gasteiger partial charge in [-0.15, -0.1) is 6.58 Å². The summed E-state index contributed by atoms with van der Waals surface area (Å²) in [6.45, 7) is 3.50. The minimum absolute atomic E-state index is 0.0823. The Bertz CT molecular complexity index is 309. The highest BCUT2D eigenvalue weighted by Gasteiger charge is 1.90. The van der Waals surface area contributed by atoms with Crippen molar-refractivity contribution in [2.24, 2.45) is 0 Å². The third-order valence-electron chi connectivity index (χ3n) is 1.61. The third kappa shape index (κ3) is 3.52. The SMILES string of the molecule is C=CCC(=O)/C=C/c1ccccc1. The van der Waals surface area contributed by atoms with Crippen molar-refractivity contribution in [3.63, 3.8) is 0 Å². The molecule has 0 aliphatic carbocycles. The van der Waals surface area contributed by atoms with Crippen molar-refractivity contribution in [3.05, 3.63) is 54.6 Å². The molecule has 1 rings (SSSR count). The van der Waals surface area contributed by atoms with E-state index in [4.69, 9.17) is 0 Å². The lowest BCUT2D eigenvalue weighted by molar-refractivity contribution is -0.113. The zero-order valence-electron chi connectivity index (χ0n) is 7.44. The quantitative estimate of drug-likeness (QED) is 0.504. The lowest BCUT2D eigenvalue weighted by Gasteiger charge is -1.90. The van der Waals surface area contributed by atoms with Gasteiger partial charge < -0.3 is 0 Å². The number of carbonyl (C=O) groups is 1. The van der Waals surface area contributed by atoms with E-state index in [1.165, 1.54) is 0 Å². The molecule has 0 atom stereocenters. The van der Waals surface area contributed by atoms with E-state index in [0.717, 1.165) is 5.56 Å². The molecule has 0 heterocycles. The molecule has 0 saturated heterocycles. The lowest BCUT2D eigenvalue weighted by Crippen LogP contribution is -1.87. The van der Waals surface area contributed by atoms with Crippen LogP contribution in [-0.2, 0) is 4.79 Å². The summed E-state index contributed by atoms with van der Waals surface area (Å²) in [7, 11) is 0. The maximum atomic E-state index is 11.1. The summed E-state index contributed by atoms with van der Waals surface area (Å²) in [5.41, 5.74) is 1.04. The molecule has 0 saturated carbocycles. The summed E-state index contributed by atoms with van der Waals surface area (Å²) in [6, 6.07) is 9.74. The fourth-order valence-corrected chi connectivity index (χ4v) is 0.964. The molecule has 0 radical (unpaired) electrons. The van der Waals surface area contributed by atoms with Gasteiger partial charge in [-0.3, -0.25) is 4.79 Å². The normalized spacial score (nSPS) is 10.2. The van der Waals surface area contributed by atoms with E-state index in [1.807, 2.05) is 36.4 Å². The summed E-state index contributed by atoms with van der Waals surface area (Å²) in [4.78, 5) is 11.1. The van der Waals surface area contributed by atoms with Crippen molar-refractivity contribution in [3.8, 4) is 0 Å². The molecule has 0 aromatic heterocycles. The van der Waals surface area contributed by atoms with E-state index in [2.05, 4.69) is 6.58 Å². The molecule has 1 aromatic rings. The fourth-order valence-electron chi connectivity index (χ4n) is 0.964. The Morgan fingerprint density at radius 3 is 2.62 bits per heavy atom. The monoisotopic (exact) mass is 172 g/mol. The average Bonchev–Trinajstić information content (AvgIpc) is 2.17. The van der Waals surface area contributed by atoms with Crippen molar-refractivity contribution in [2.45, 2.75) is 6.42 Å². The van der Waals surface area contributed by atoms with Crippen LogP contribution in [0, 0.1) is 0 Å². The highest BCUT2D eigenvalue weighted by atomic mass is 16.1. The maximum Gasteiger partial charge on any atom is 0.159 e. The van der Waals surface area contributed by atoms with Crippen molar-refractivity contribution in [1.82, 2.24) is 0 Å². The van der Waals surface area contributed by atoms with E-state index < -0.39 is 0 Å². The van der Waals surface area contributed by atoms with Crippen LogP contribution in [0.1, 0.15) is 12.0 Å². The Kier molecular flexibility index (Phi) is 3.71. The number of rotatable bonds is 4. The number of carbonyl (C=O) groups excluding carboxylic acids is 1. The van der Waals surface area contributed by atoms with Crippen LogP contribution in [-0.4, -0.2) is 5.78 Å². The number of allylic oxidation sites excluding steroid dienone is 2. The van der Waals surface area contributed by atoms with Crippen LogP contribution in [0.4, 0.5) is 0 Å². The second-order valence-electron chi connectivity index (χ2n) is 2.70. The smallest absolute Gasteiger partial charge is 0.159 e. The molecule has 0 aliphatic rings. The topological polar surface area (TPSA) is 17.1 Å². The number of hydrogen-bond donors (Lipinski definition) is 0. The van der Waals surface area contributed by atoms with E-state index in [-0.39, 0.29) is 5.78 Å². The molecule has 13 heavy (non-hydrogen) atoms. The third-order valence-corrected chi connectivity index (χ3v) is 1.61. The molecule has 66 valence electrons. The van der Waals surface area contributed by atoms with Gasteiger partial charge in [-0.05, 0) is 11.6 Å². The van der Waals surface area contributed by atoms with Gasteiger partial charge in [0.05, 0.1) is 0 Å². The average molecular weight is 172 g/mol. The highest BCUT2D eigenvalue weighted by Crippen LogP contribution is 2.01. The van der Waals surface area contributed by atoms with Gasteiger partial charge in [-0.2, -0.15) is 0 Å². The minimum atomic E-state index is 0.0823. The van der Waals surface area contributed by atoms with Crippen molar-refractivity contribution >= 4 is 11.9 Å². The molecule has 0 amide bonds. The Morgan fingerprint density at radius 2 is 2.00 bits per heavy atom. The molecular formula is C12H12O. The van der Waals surface area contributed by atoms with Gasteiger partial charge in [-0.25, -0.2) is 0 Å². The number of benzene rings is 1. The summed E-state index contributed by atoms with van der Waals surface area (Å²) < 4.78 is 0. The molecule has 0 aliphatic heterocycles. The number of hydrogen-bond acceptors (Lipinski definition) is 1. The highest BCUT2D eigenvalue weighted by molar-refractivity contribution is 5.94. The van der Waals surface area contributed by atoms with Crippen LogP contribution < -0.4 is 0 Å².